The van der Waals surface area contributed by atoms with Crippen LogP contribution >= 0.6 is 12.6 Å². The van der Waals surface area contributed by atoms with Crippen LogP contribution in [0.15, 0.2) is 35.6 Å². The van der Waals surface area contributed by atoms with E-state index in [0.717, 1.165) is 10.7 Å². The Hall–Kier alpha value is -1.09. The Labute approximate surface area is 82.1 Å². The highest BCUT2D eigenvalue weighted by molar-refractivity contribution is 7.82. The highest BCUT2D eigenvalue weighted by Gasteiger charge is 2.11. The van der Waals surface area contributed by atoms with Gasteiger partial charge in [0.15, 0.2) is 5.49 Å². The summed E-state index contributed by atoms with van der Waals surface area (Å²) < 4.78 is -0.238. The van der Waals surface area contributed by atoms with Gasteiger partial charge in [-0.25, -0.2) is 9.98 Å². The molecule has 0 saturated carbocycles. The molecule has 0 aromatic carbocycles. The zero-order valence-electron chi connectivity index (χ0n) is 7.31. The number of hydrogen-bond acceptors (Lipinski definition) is 3. The fourth-order valence-electron chi connectivity index (χ4n) is 1.25. The van der Waals surface area contributed by atoms with Gasteiger partial charge in [0, 0.05) is 22.4 Å². The minimum absolute atomic E-state index is 0.238. The number of hydrogen-bond donors (Lipinski definition) is 1. The van der Waals surface area contributed by atoms with E-state index in [1.54, 1.807) is 12.4 Å². The molecule has 1 atom stereocenters. The van der Waals surface area contributed by atoms with Crippen LogP contribution in [-0.4, -0.2) is 9.73 Å². The summed E-state index contributed by atoms with van der Waals surface area (Å²) in [6.45, 7) is 2.02. The molecule has 0 saturated heterocycles. The van der Waals surface area contributed by atoms with E-state index in [-0.39, 0.29) is 4.75 Å². The Bertz CT molecular complexity index is 460. The van der Waals surface area contributed by atoms with Crippen molar-refractivity contribution in [1.82, 2.24) is 4.98 Å². The molecule has 13 heavy (non-hydrogen) atoms. The Morgan fingerprint density at radius 2 is 2.31 bits per heavy atom. The fraction of sp³-hybridized carbons (Fsp3) is 0.200. The molecule has 1 aromatic rings. The van der Waals surface area contributed by atoms with Crippen molar-refractivity contribution in [1.29, 1.82) is 0 Å². The highest BCUT2D eigenvalue weighted by atomic mass is 32.1. The molecular weight excluding hydrogens is 180 g/mol. The molecule has 0 radical (unpaired) electrons. The molecule has 0 N–H and O–H groups in total. The third-order valence-corrected chi connectivity index (χ3v) is 2.15. The second-order valence-corrected chi connectivity index (χ2v) is 4.19. The monoisotopic (exact) mass is 190 g/mol. The molecular formula is C10H10N2S. The first-order valence-corrected chi connectivity index (χ1v) is 4.54. The summed E-state index contributed by atoms with van der Waals surface area (Å²) in [6.07, 6.45) is 7.48. The number of aromatic nitrogens is 1. The van der Waals surface area contributed by atoms with Gasteiger partial charge in [-0.15, -0.1) is 0 Å². The summed E-state index contributed by atoms with van der Waals surface area (Å²) in [5, 5.41) is 1.03. The Morgan fingerprint density at radius 3 is 3.15 bits per heavy atom. The van der Waals surface area contributed by atoms with Crippen LogP contribution in [0.5, 0.6) is 0 Å². The Morgan fingerprint density at radius 1 is 1.46 bits per heavy atom. The van der Waals surface area contributed by atoms with Gasteiger partial charge in [-0.05, 0) is 25.1 Å². The smallest absolute Gasteiger partial charge is 0.158 e. The lowest BCUT2D eigenvalue weighted by molar-refractivity contribution is 1.07. The summed E-state index contributed by atoms with van der Waals surface area (Å²) in [6, 6.07) is 3.90. The second kappa shape index (κ2) is 3.00. The van der Waals surface area contributed by atoms with E-state index in [9.17, 15) is 0 Å². The van der Waals surface area contributed by atoms with Gasteiger partial charge in [0.05, 0.1) is 0 Å². The van der Waals surface area contributed by atoms with Gasteiger partial charge in [-0.3, -0.25) is 0 Å². The van der Waals surface area contributed by atoms with Gasteiger partial charge in [0.1, 0.15) is 0 Å². The van der Waals surface area contributed by atoms with Gasteiger partial charge in [0.25, 0.3) is 0 Å². The van der Waals surface area contributed by atoms with Gasteiger partial charge < -0.3 is 0 Å². The Kier molecular flexibility index (Phi) is 1.96. The van der Waals surface area contributed by atoms with E-state index in [4.69, 9.17) is 0 Å². The maximum absolute atomic E-state index is 4.48. The summed E-state index contributed by atoms with van der Waals surface area (Å²) in [5.41, 5.74) is 0.761. The lowest BCUT2D eigenvalue weighted by Crippen LogP contribution is -2.29. The number of rotatable bonds is 0. The van der Waals surface area contributed by atoms with Crippen molar-refractivity contribution in [2.24, 2.45) is 4.99 Å². The molecule has 1 unspecified atom stereocenters. The van der Waals surface area contributed by atoms with Crippen molar-refractivity contribution in [2.75, 3.05) is 0 Å². The summed E-state index contributed by atoms with van der Waals surface area (Å²) in [7, 11) is 0. The molecule has 1 aliphatic heterocycles. The first-order valence-electron chi connectivity index (χ1n) is 4.09. The van der Waals surface area contributed by atoms with Crippen molar-refractivity contribution >= 4 is 18.7 Å². The van der Waals surface area contributed by atoms with E-state index in [1.165, 1.54) is 0 Å². The molecule has 1 aromatic heterocycles. The molecule has 0 bridgehead atoms. The lowest BCUT2D eigenvalue weighted by Gasteiger charge is -2.10. The number of fused-ring (bicyclic) bond motifs is 1. The predicted octanol–water partition coefficient (Wildman–Crippen LogP) is 0.698. The molecule has 2 rings (SSSR count). The first-order chi connectivity index (χ1) is 6.17. The van der Waals surface area contributed by atoms with Crippen LogP contribution in [0.3, 0.4) is 0 Å². The number of nitrogens with zero attached hydrogens (tertiary/aromatic N) is 2. The second-order valence-electron chi connectivity index (χ2n) is 3.23. The van der Waals surface area contributed by atoms with Gasteiger partial charge in [0.2, 0.25) is 0 Å². The molecule has 0 spiro atoms. The highest BCUT2D eigenvalue weighted by Crippen LogP contribution is 2.17. The Balaban J connectivity index is 2.77. The van der Waals surface area contributed by atoms with Gasteiger partial charge in [-0.2, -0.15) is 12.6 Å². The molecule has 0 aliphatic carbocycles. The van der Waals surface area contributed by atoms with E-state index in [2.05, 4.69) is 22.6 Å². The third-order valence-electron chi connectivity index (χ3n) is 1.87. The minimum atomic E-state index is -0.238. The number of thiol groups is 1. The van der Waals surface area contributed by atoms with Crippen molar-refractivity contribution in [3.8, 4) is 0 Å². The minimum Gasteiger partial charge on any atom is -0.237 e. The molecule has 3 heteroatoms. The number of pyridine rings is 1. The maximum atomic E-state index is 4.48. The quantitative estimate of drug-likeness (QED) is 0.598. The average Bonchev–Trinajstić information content (AvgIpc) is 2.21. The van der Waals surface area contributed by atoms with Crippen molar-refractivity contribution in [3.05, 3.63) is 41.3 Å². The summed E-state index contributed by atoms with van der Waals surface area (Å²) >= 11 is 4.48. The van der Waals surface area contributed by atoms with Crippen LogP contribution in [0.4, 0.5) is 0 Å². The average molecular weight is 190 g/mol. The van der Waals surface area contributed by atoms with Crippen LogP contribution < -0.4 is 10.7 Å². The molecule has 2 nitrogen and oxygen atoms in total. The van der Waals surface area contributed by atoms with Crippen LogP contribution in [-0.2, 0) is 0 Å². The van der Waals surface area contributed by atoms with Crippen LogP contribution in [0.25, 0.3) is 6.08 Å². The van der Waals surface area contributed by atoms with E-state index in [0.29, 0.717) is 0 Å². The molecule has 2 heterocycles. The zero-order valence-corrected chi connectivity index (χ0v) is 8.20. The van der Waals surface area contributed by atoms with Gasteiger partial charge in [-0.1, -0.05) is 6.08 Å². The predicted molar refractivity (Wildman–Crippen MR) is 56.0 cm³/mol. The van der Waals surface area contributed by atoms with Crippen molar-refractivity contribution < 1.29 is 0 Å². The van der Waals surface area contributed by atoms with Crippen LogP contribution in [0.2, 0.25) is 0 Å². The first kappa shape index (κ1) is 8.51. The maximum Gasteiger partial charge on any atom is 0.158 e. The zero-order chi connectivity index (χ0) is 9.31. The normalized spacial score (nSPS) is 25.4. The molecule has 1 aliphatic rings. The third kappa shape index (κ3) is 1.80. The SMILES string of the molecule is CC1(S)C=CN=c2ncccc2=C1. The fourth-order valence-corrected chi connectivity index (χ4v) is 1.46. The molecule has 0 amide bonds. The molecule has 66 valence electrons. The summed E-state index contributed by atoms with van der Waals surface area (Å²) in [4.78, 5) is 8.37. The molecule has 0 fully saturated rings. The van der Waals surface area contributed by atoms with E-state index < -0.39 is 0 Å². The largest absolute Gasteiger partial charge is 0.237 e. The van der Waals surface area contributed by atoms with E-state index >= 15 is 0 Å². The topological polar surface area (TPSA) is 25.2 Å². The van der Waals surface area contributed by atoms with Gasteiger partial charge >= 0.3 is 0 Å². The van der Waals surface area contributed by atoms with Crippen LogP contribution in [0, 0.1) is 0 Å². The standard InChI is InChI=1S/C10H10N2S/c1-10(13)4-6-12-9-8(7-10)3-2-5-11-9/h2-7,13H,1H3. The van der Waals surface area contributed by atoms with E-state index in [1.807, 2.05) is 31.2 Å². The van der Waals surface area contributed by atoms with Crippen molar-refractivity contribution in [2.45, 2.75) is 11.7 Å². The lowest BCUT2D eigenvalue weighted by atomic mass is 10.1. The van der Waals surface area contributed by atoms with Crippen molar-refractivity contribution in [3.63, 3.8) is 0 Å². The summed E-state index contributed by atoms with van der Waals surface area (Å²) in [5.74, 6) is 0. The van der Waals surface area contributed by atoms with Crippen LogP contribution in [0.1, 0.15) is 6.92 Å².